The summed E-state index contributed by atoms with van der Waals surface area (Å²) < 4.78 is 12.2. The number of nitrogens with zero attached hydrogens (tertiary/aromatic N) is 1. The van der Waals surface area contributed by atoms with Crippen molar-refractivity contribution in [3.63, 3.8) is 0 Å². The van der Waals surface area contributed by atoms with Crippen molar-refractivity contribution in [2.45, 2.75) is 55.4 Å². The molecule has 2 heteroatoms. The number of hydrogen-bond donors (Lipinski definition) is 0. The Labute approximate surface area is 132 Å². The van der Waals surface area contributed by atoms with E-state index in [0.717, 1.165) is 5.57 Å². The lowest BCUT2D eigenvalue weighted by atomic mass is 10.1. The molecule has 1 aromatic heterocycles. The predicted octanol–water partition coefficient (Wildman–Crippen LogP) is 7.07. The maximum atomic E-state index is 12.2. The van der Waals surface area contributed by atoms with Crippen LogP contribution in [0.15, 0.2) is 61.2 Å². The first-order chi connectivity index (χ1) is 9.95. The smallest absolute Gasteiger partial charge is 0.1000 e. The third-order valence-electron chi connectivity index (χ3n) is 1.97. The van der Waals surface area contributed by atoms with E-state index in [4.69, 9.17) is 0 Å². The first-order valence-electron chi connectivity index (χ1n) is 7.30. The highest BCUT2D eigenvalue weighted by molar-refractivity contribution is 5.25. The van der Waals surface area contributed by atoms with Crippen molar-refractivity contribution in [1.82, 2.24) is 4.98 Å². The average Bonchev–Trinajstić information content (AvgIpc) is 2.53. The number of allylic oxidation sites excluding steroid dienone is 3. The molecule has 0 fully saturated rings. The molecule has 0 aliphatic heterocycles. The summed E-state index contributed by atoms with van der Waals surface area (Å²) in [5, 5.41) is 0. The molecule has 1 rings (SSSR count). The van der Waals surface area contributed by atoms with E-state index in [9.17, 15) is 4.39 Å². The van der Waals surface area contributed by atoms with Gasteiger partial charge < -0.3 is 0 Å². The number of pyridine rings is 1. The Bertz CT molecular complexity index is 349. The molecule has 0 amide bonds. The highest BCUT2D eigenvalue weighted by Crippen LogP contribution is 2.11. The van der Waals surface area contributed by atoms with E-state index in [-0.39, 0.29) is 5.83 Å². The monoisotopic (exact) mass is 295 g/mol. The van der Waals surface area contributed by atoms with Crippen molar-refractivity contribution in [3.8, 4) is 0 Å². The van der Waals surface area contributed by atoms with E-state index >= 15 is 0 Å². The number of hydrogen-bond acceptors (Lipinski definition) is 1. The van der Waals surface area contributed by atoms with Crippen molar-refractivity contribution in [1.29, 1.82) is 0 Å². The normalized spacial score (nSPS) is 8.62. The molecule has 0 aromatic carbocycles. The van der Waals surface area contributed by atoms with Crippen LogP contribution < -0.4 is 0 Å². The molecule has 0 aliphatic rings. The van der Waals surface area contributed by atoms with Crippen molar-refractivity contribution < 1.29 is 4.39 Å². The second-order valence-corrected chi connectivity index (χ2v) is 3.47. The van der Waals surface area contributed by atoms with Crippen LogP contribution in [-0.4, -0.2) is 4.98 Å². The van der Waals surface area contributed by atoms with Gasteiger partial charge in [0.05, 0.1) is 5.83 Å². The molecule has 1 nitrogen and oxygen atoms in total. The summed E-state index contributed by atoms with van der Waals surface area (Å²) in [6.07, 6.45) is 3.60. The molecule has 0 atom stereocenters. The Morgan fingerprint density at radius 2 is 1.48 bits per heavy atom. The Morgan fingerprint density at radius 1 is 1.05 bits per heavy atom. The summed E-state index contributed by atoms with van der Waals surface area (Å²) in [5.41, 5.74) is 2.66. The molecular weight excluding hydrogens is 261 g/mol. The van der Waals surface area contributed by atoms with Crippen LogP contribution in [-0.2, 0) is 0 Å². The van der Waals surface area contributed by atoms with E-state index in [0.29, 0.717) is 5.57 Å². The van der Waals surface area contributed by atoms with Gasteiger partial charge in [-0.05, 0) is 44.9 Å². The number of aromatic nitrogens is 1. The summed E-state index contributed by atoms with van der Waals surface area (Å²) in [7, 11) is 0. The van der Waals surface area contributed by atoms with Crippen molar-refractivity contribution in [3.05, 3.63) is 66.8 Å². The fourth-order valence-corrected chi connectivity index (χ4v) is 0.742. The summed E-state index contributed by atoms with van der Waals surface area (Å²) in [4.78, 5) is 3.88. The first kappa shape index (κ1) is 27.6. The van der Waals surface area contributed by atoms with Crippen molar-refractivity contribution in [2.75, 3.05) is 0 Å². The summed E-state index contributed by atoms with van der Waals surface area (Å²) in [5.74, 6) is -0.141. The quantitative estimate of drug-likeness (QED) is 0.399. The van der Waals surface area contributed by atoms with Gasteiger partial charge in [-0.3, -0.25) is 4.98 Å². The zero-order valence-corrected chi connectivity index (χ0v) is 15.3. The molecular formula is C19H34FN. The minimum Gasteiger partial charge on any atom is -0.264 e. The molecule has 21 heavy (non-hydrogen) atoms. The minimum absolute atomic E-state index is 0.141. The Hall–Kier alpha value is -1.70. The molecule has 0 radical (unpaired) electrons. The van der Waals surface area contributed by atoms with E-state index in [2.05, 4.69) is 24.7 Å². The zero-order chi connectivity index (χ0) is 17.8. The molecule has 0 saturated carbocycles. The van der Waals surface area contributed by atoms with Crippen LogP contribution in [0.1, 0.15) is 54.0 Å². The topological polar surface area (TPSA) is 12.9 Å². The third kappa shape index (κ3) is 23.8. The van der Waals surface area contributed by atoms with Gasteiger partial charge in [0.15, 0.2) is 0 Å². The average molecular weight is 295 g/mol. The lowest BCUT2D eigenvalue weighted by Crippen LogP contribution is -1.77. The van der Waals surface area contributed by atoms with Gasteiger partial charge in [0.2, 0.25) is 0 Å². The maximum Gasteiger partial charge on any atom is 0.1000 e. The van der Waals surface area contributed by atoms with Gasteiger partial charge in [0.25, 0.3) is 0 Å². The molecule has 0 N–H and O–H groups in total. The van der Waals surface area contributed by atoms with Gasteiger partial charge in [0, 0.05) is 12.4 Å². The molecule has 1 heterocycles. The highest BCUT2D eigenvalue weighted by atomic mass is 19.1. The minimum atomic E-state index is -0.141. The van der Waals surface area contributed by atoms with Crippen LogP contribution >= 0.6 is 0 Å². The van der Waals surface area contributed by atoms with Gasteiger partial charge in [-0.15, -0.1) is 13.2 Å². The van der Waals surface area contributed by atoms with Crippen molar-refractivity contribution in [2.24, 2.45) is 0 Å². The van der Waals surface area contributed by atoms with Crippen LogP contribution in [0, 0.1) is 6.92 Å². The van der Waals surface area contributed by atoms with Crippen molar-refractivity contribution >= 4 is 0 Å². The third-order valence-corrected chi connectivity index (χ3v) is 1.97. The fourth-order valence-electron chi connectivity index (χ4n) is 0.742. The lowest BCUT2D eigenvalue weighted by Gasteiger charge is -1.95. The SMILES string of the molecule is C=C.C=C(C)/C(C)=C(\C)F.CC.CC.Cc1cccnc1. The molecule has 122 valence electrons. The van der Waals surface area contributed by atoms with Crippen LogP contribution in [0.25, 0.3) is 0 Å². The van der Waals surface area contributed by atoms with E-state index in [1.54, 1.807) is 20.0 Å². The molecule has 1 aromatic rings. The maximum absolute atomic E-state index is 12.2. The lowest BCUT2D eigenvalue weighted by molar-refractivity contribution is 0.629. The van der Waals surface area contributed by atoms with E-state index in [1.807, 2.05) is 52.9 Å². The molecule has 0 bridgehead atoms. The van der Waals surface area contributed by atoms with E-state index in [1.165, 1.54) is 12.5 Å². The standard InChI is InChI=1S/C7H11F.C6H7N.2C2H6.C2H4/c1-5(2)6(3)7(4)8;1-6-3-2-4-7-5-6;3*1-2/h1H2,2-4H3;2-5H,1H3;2*1-2H3;1-2H2/b7-6+;;;;. The Balaban J connectivity index is -0.000000102. The molecule has 0 spiro atoms. The van der Waals surface area contributed by atoms with Gasteiger partial charge in [-0.1, -0.05) is 45.9 Å². The highest BCUT2D eigenvalue weighted by Gasteiger charge is 1.92. The summed E-state index contributed by atoms with van der Waals surface area (Å²) in [6, 6.07) is 3.95. The first-order valence-corrected chi connectivity index (χ1v) is 7.30. The van der Waals surface area contributed by atoms with Gasteiger partial charge in [0.1, 0.15) is 0 Å². The summed E-state index contributed by atoms with van der Waals surface area (Å²) in [6.45, 7) is 24.5. The van der Waals surface area contributed by atoms with Gasteiger partial charge >= 0.3 is 0 Å². The predicted molar refractivity (Wildman–Crippen MR) is 97.2 cm³/mol. The molecule has 0 saturated heterocycles. The van der Waals surface area contributed by atoms with Crippen LogP contribution in [0.3, 0.4) is 0 Å². The summed E-state index contributed by atoms with van der Waals surface area (Å²) >= 11 is 0. The van der Waals surface area contributed by atoms with Gasteiger partial charge in [-0.25, -0.2) is 4.39 Å². The zero-order valence-electron chi connectivity index (χ0n) is 15.3. The molecule has 0 aliphatic carbocycles. The largest absolute Gasteiger partial charge is 0.264 e. The fraction of sp³-hybridized carbons (Fsp3) is 0.421. The number of halogens is 1. The molecule has 0 unspecified atom stereocenters. The van der Waals surface area contributed by atoms with Crippen LogP contribution in [0.2, 0.25) is 0 Å². The Kier molecular flexibility index (Phi) is 30.8. The number of aryl methyl sites for hydroxylation is 1. The van der Waals surface area contributed by atoms with Crippen LogP contribution in [0.5, 0.6) is 0 Å². The second kappa shape index (κ2) is 23.4. The van der Waals surface area contributed by atoms with Gasteiger partial charge in [-0.2, -0.15) is 0 Å². The van der Waals surface area contributed by atoms with Crippen LogP contribution in [0.4, 0.5) is 4.39 Å². The Morgan fingerprint density at radius 3 is 1.57 bits per heavy atom. The van der Waals surface area contributed by atoms with E-state index < -0.39 is 0 Å². The number of rotatable bonds is 1. The second-order valence-electron chi connectivity index (χ2n) is 3.47.